The lowest BCUT2D eigenvalue weighted by molar-refractivity contribution is 0.0609. The van der Waals surface area contributed by atoms with Gasteiger partial charge < -0.3 is 9.05 Å². The molecule has 2 aliphatic heterocycles. The fraction of sp³-hybridized carbons (Fsp3) is 0.733. The summed E-state index contributed by atoms with van der Waals surface area (Å²) in [5, 5.41) is 0. The van der Waals surface area contributed by atoms with Crippen LogP contribution in [0.1, 0.15) is 26.2 Å². The molecule has 0 bridgehead atoms. The maximum absolute atomic E-state index is 12.1. The van der Waals surface area contributed by atoms with Gasteiger partial charge in [-0.2, -0.15) is 0 Å². The van der Waals surface area contributed by atoms with E-state index in [9.17, 15) is 9.13 Å². The van der Waals surface area contributed by atoms with Gasteiger partial charge in [0.15, 0.2) is 0 Å². The molecule has 2 fully saturated rings. The standard InChI is InChI=1S/C15H22O5P2/c1-5-13-10-15(20-22(4,17)19-13)8-6-7-14-9-12(2)11-21(3,16)18-14/h1,12-15H,8-11H2,2-4H3. The summed E-state index contributed by atoms with van der Waals surface area (Å²) in [7, 11) is -5.64. The third-order valence-corrected chi connectivity index (χ3v) is 6.83. The van der Waals surface area contributed by atoms with E-state index in [0.717, 1.165) is 6.42 Å². The first-order valence-corrected chi connectivity index (χ1v) is 11.6. The maximum atomic E-state index is 12.1. The second kappa shape index (κ2) is 6.92. The summed E-state index contributed by atoms with van der Waals surface area (Å²) >= 11 is 0. The molecule has 0 aliphatic carbocycles. The van der Waals surface area contributed by atoms with Crippen LogP contribution in [0.4, 0.5) is 0 Å². The molecule has 2 aliphatic rings. The van der Waals surface area contributed by atoms with E-state index in [1.54, 1.807) is 6.66 Å². The molecule has 0 amide bonds. The third kappa shape index (κ3) is 5.27. The first kappa shape index (κ1) is 17.8. The first-order chi connectivity index (χ1) is 10.2. The van der Waals surface area contributed by atoms with Gasteiger partial charge in [-0.1, -0.05) is 24.7 Å². The van der Waals surface area contributed by atoms with Crippen molar-refractivity contribution < 1.29 is 22.7 Å². The van der Waals surface area contributed by atoms with Crippen LogP contribution in [0.25, 0.3) is 0 Å². The normalized spacial score (nSPS) is 45.4. The monoisotopic (exact) mass is 344 g/mol. The van der Waals surface area contributed by atoms with E-state index in [0.29, 0.717) is 24.9 Å². The van der Waals surface area contributed by atoms with Gasteiger partial charge in [-0.25, -0.2) is 0 Å². The van der Waals surface area contributed by atoms with Crippen molar-refractivity contribution in [3.05, 3.63) is 0 Å². The molecule has 0 saturated carbocycles. The SMILES string of the molecule is C#CC1CC(CC#CC2CC(C)CP(C)(=O)O2)OP(C)(=O)O1. The van der Waals surface area contributed by atoms with Crippen LogP contribution in [0.2, 0.25) is 0 Å². The highest BCUT2D eigenvalue weighted by molar-refractivity contribution is 7.58. The fourth-order valence-electron chi connectivity index (χ4n) is 2.80. The van der Waals surface area contributed by atoms with E-state index < -0.39 is 21.1 Å². The molecule has 0 aromatic heterocycles. The number of rotatable bonds is 1. The minimum Gasteiger partial charge on any atom is -0.312 e. The molecule has 122 valence electrons. The molecule has 6 atom stereocenters. The summed E-state index contributed by atoms with van der Waals surface area (Å²) < 4.78 is 40.2. The van der Waals surface area contributed by atoms with Crippen LogP contribution < -0.4 is 0 Å². The van der Waals surface area contributed by atoms with Crippen molar-refractivity contribution in [2.75, 3.05) is 19.5 Å². The summed E-state index contributed by atoms with van der Waals surface area (Å²) in [6.45, 7) is 5.12. The largest absolute Gasteiger partial charge is 0.329 e. The third-order valence-electron chi connectivity index (χ3n) is 3.52. The molecule has 2 saturated heterocycles. The highest BCUT2D eigenvalue weighted by atomic mass is 31.2. The molecular weight excluding hydrogens is 322 g/mol. The second-order valence-corrected chi connectivity index (χ2v) is 10.7. The van der Waals surface area contributed by atoms with Crippen molar-refractivity contribution in [1.29, 1.82) is 0 Å². The second-order valence-electron chi connectivity index (χ2n) is 6.15. The molecule has 7 heteroatoms. The molecule has 6 unspecified atom stereocenters. The zero-order valence-electron chi connectivity index (χ0n) is 13.2. The Balaban J connectivity index is 1.94. The Labute approximate surface area is 132 Å². The molecule has 5 nitrogen and oxygen atoms in total. The van der Waals surface area contributed by atoms with Gasteiger partial charge in [-0.3, -0.25) is 13.7 Å². The van der Waals surface area contributed by atoms with Gasteiger partial charge in [0.05, 0.1) is 6.10 Å². The predicted octanol–water partition coefficient (Wildman–Crippen LogP) is 3.34. The van der Waals surface area contributed by atoms with E-state index in [-0.39, 0.29) is 12.2 Å². The maximum Gasteiger partial charge on any atom is 0.329 e. The Hall–Kier alpha value is -0.540. The van der Waals surface area contributed by atoms with E-state index >= 15 is 0 Å². The highest BCUT2D eigenvalue weighted by Gasteiger charge is 2.34. The van der Waals surface area contributed by atoms with Crippen molar-refractivity contribution >= 4 is 15.0 Å². The fourth-order valence-corrected chi connectivity index (χ4v) is 6.21. The summed E-state index contributed by atoms with van der Waals surface area (Å²) in [6.07, 6.45) is 6.47. The number of hydrogen-bond acceptors (Lipinski definition) is 5. The molecule has 2 rings (SSSR count). The van der Waals surface area contributed by atoms with Gasteiger partial charge in [-0.05, 0) is 12.3 Å². The van der Waals surface area contributed by atoms with Gasteiger partial charge in [0.2, 0.25) is 7.37 Å². The minimum atomic E-state index is -3.10. The zero-order valence-corrected chi connectivity index (χ0v) is 14.9. The Bertz CT molecular complexity index is 612. The lowest BCUT2D eigenvalue weighted by Crippen LogP contribution is -2.27. The van der Waals surface area contributed by atoms with Crippen molar-refractivity contribution in [3.8, 4) is 24.2 Å². The molecule has 0 aromatic carbocycles. The minimum absolute atomic E-state index is 0.309. The van der Waals surface area contributed by atoms with Crippen LogP contribution in [0.15, 0.2) is 0 Å². The van der Waals surface area contributed by atoms with Crippen LogP contribution in [-0.4, -0.2) is 37.8 Å². The molecule has 0 spiro atoms. The highest BCUT2D eigenvalue weighted by Crippen LogP contribution is 2.52. The van der Waals surface area contributed by atoms with Gasteiger partial charge >= 0.3 is 7.60 Å². The Morgan fingerprint density at radius 2 is 1.86 bits per heavy atom. The van der Waals surface area contributed by atoms with Crippen LogP contribution in [0.5, 0.6) is 0 Å². The summed E-state index contributed by atoms with van der Waals surface area (Å²) in [4.78, 5) is 0. The van der Waals surface area contributed by atoms with Crippen molar-refractivity contribution in [2.24, 2.45) is 5.92 Å². The van der Waals surface area contributed by atoms with Crippen LogP contribution in [-0.2, 0) is 22.7 Å². The van der Waals surface area contributed by atoms with E-state index in [1.807, 2.05) is 0 Å². The molecule has 0 N–H and O–H groups in total. The molecule has 22 heavy (non-hydrogen) atoms. The lowest BCUT2D eigenvalue weighted by atomic mass is 10.1. The number of hydrogen-bond donors (Lipinski definition) is 0. The van der Waals surface area contributed by atoms with Gasteiger partial charge in [-0.15, -0.1) is 6.42 Å². The van der Waals surface area contributed by atoms with Crippen molar-refractivity contribution in [1.82, 2.24) is 0 Å². The lowest BCUT2D eigenvalue weighted by Gasteiger charge is -2.30. The smallest absolute Gasteiger partial charge is 0.312 e. The first-order valence-electron chi connectivity index (χ1n) is 7.33. The summed E-state index contributed by atoms with van der Waals surface area (Å²) in [5.41, 5.74) is 0. The van der Waals surface area contributed by atoms with Crippen LogP contribution in [0.3, 0.4) is 0 Å². The average Bonchev–Trinajstić information content (AvgIpc) is 2.34. The quantitative estimate of drug-likeness (QED) is 0.539. The molecular formula is C15H22O5P2. The van der Waals surface area contributed by atoms with Gasteiger partial charge in [0, 0.05) is 32.3 Å². The molecule has 0 radical (unpaired) electrons. The van der Waals surface area contributed by atoms with Gasteiger partial charge in [0.25, 0.3) is 0 Å². The predicted molar refractivity (Wildman–Crippen MR) is 86.2 cm³/mol. The molecule has 0 aromatic rings. The molecule has 2 heterocycles. The summed E-state index contributed by atoms with van der Waals surface area (Å²) in [5.74, 6) is 8.81. The Morgan fingerprint density at radius 1 is 1.14 bits per heavy atom. The van der Waals surface area contributed by atoms with Crippen molar-refractivity contribution in [3.63, 3.8) is 0 Å². The summed E-state index contributed by atoms with van der Waals surface area (Å²) in [6, 6.07) is 0. The topological polar surface area (TPSA) is 61.8 Å². The van der Waals surface area contributed by atoms with Crippen molar-refractivity contribution in [2.45, 2.75) is 44.5 Å². The zero-order chi connectivity index (χ0) is 16.4. The van der Waals surface area contributed by atoms with E-state index in [1.165, 1.54) is 6.66 Å². The average molecular weight is 344 g/mol. The van der Waals surface area contributed by atoms with Crippen LogP contribution >= 0.6 is 15.0 Å². The Kier molecular flexibility index (Phi) is 5.60. The number of terminal acetylenes is 1. The van der Waals surface area contributed by atoms with Gasteiger partial charge in [0.1, 0.15) is 12.2 Å². The van der Waals surface area contributed by atoms with E-state index in [2.05, 4.69) is 24.7 Å². The van der Waals surface area contributed by atoms with Crippen LogP contribution in [0, 0.1) is 30.1 Å². The van der Waals surface area contributed by atoms with E-state index in [4.69, 9.17) is 20.0 Å². The Morgan fingerprint density at radius 3 is 2.50 bits per heavy atom.